The number of methoxy groups -OCH3 is 1. The first-order valence-electron chi connectivity index (χ1n) is 8.19. The molecule has 0 saturated heterocycles. The van der Waals surface area contributed by atoms with E-state index in [0.717, 1.165) is 25.5 Å². The number of ether oxygens (including phenoxy) is 1. The lowest BCUT2D eigenvalue weighted by Gasteiger charge is -2.09. The van der Waals surface area contributed by atoms with Gasteiger partial charge in [-0.05, 0) is 35.9 Å². The molecule has 158 valence electrons. The van der Waals surface area contributed by atoms with Crippen molar-refractivity contribution in [1.29, 1.82) is 0 Å². The van der Waals surface area contributed by atoms with E-state index >= 15 is 0 Å². The smallest absolute Gasteiger partial charge is 0.416 e. The Morgan fingerprint density at radius 3 is 2.57 bits per heavy atom. The van der Waals surface area contributed by atoms with Crippen LogP contribution in [0.4, 0.5) is 23.4 Å². The summed E-state index contributed by atoms with van der Waals surface area (Å²) in [5.41, 5.74) is 3.28. The molecule has 2 rings (SSSR count). The van der Waals surface area contributed by atoms with Gasteiger partial charge in [-0.2, -0.15) is 13.2 Å². The molecular weight excluding hydrogens is 410 g/mol. The molecule has 30 heavy (non-hydrogen) atoms. The molecule has 2 aromatic rings. The van der Waals surface area contributed by atoms with Gasteiger partial charge >= 0.3 is 18.1 Å². The molecular formula is C19H15F4N3O4. The Balaban J connectivity index is 2.31. The maximum atomic E-state index is 13.5. The normalized spacial score (nSPS) is 12.6. The molecule has 3 N–H and O–H groups in total. The van der Waals surface area contributed by atoms with Crippen LogP contribution in [-0.4, -0.2) is 35.4 Å². The zero-order valence-electron chi connectivity index (χ0n) is 15.4. The Kier molecular flexibility index (Phi) is 6.88. The Bertz CT molecular complexity index is 1030. The van der Waals surface area contributed by atoms with Gasteiger partial charge in [-0.25, -0.2) is 24.0 Å². The van der Waals surface area contributed by atoms with Crippen LogP contribution in [0.3, 0.4) is 0 Å². The van der Waals surface area contributed by atoms with Crippen molar-refractivity contribution in [2.75, 3.05) is 7.11 Å². The van der Waals surface area contributed by atoms with Crippen LogP contribution >= 0.6 is 0 Å². The van der Waals surface area contributed by atoms with Gasteiger partial charge in [0, 0.05) is 18.3 Å². The number of hydrogen-bond donors (Lipinski definition) is 2. The summed E-state index contributed by atoms with van der Waals surface area (Å²) in [7, 11) is 1.02. The van der Waals surface area contributed by atoms with Gasteiger partial charge in [-0.15, -0.1) is 0 Å². The number of benzene rings is 1. The molecule has 0 fully saturated rings. The van der Waals surface area contributed by atoms with Crippen molar-refractivity contribution in [1.82, 2.24) is 4.98 Å². The van der Waals surface area contributed by atoms with Gasteiger partial charge in [-0.1, -0.05) is 6.07 Å². The van der Waals surface area contributed by atoms with Crippen molar-refractivity contribution >= 4 is 24.0 Å². The van der Waals surface area contributed by atoms with E-state index in [9.17, 15) is 27.2 Å². The fourth-order valence-corrected chi connectivity index (χ4v) is 2.35. The van der Waals surface area contributed by atoms with Crippen LogP contribution in [0.5, 0.6) is 0 Å². The van der Waals surface area contributed by atoms with Gasteiger partial charge in [0.05, 0.1) is 12.7 Å². The average molecular weight is 425 g/mol. The highest BCUT2D eigenvalue weighted by Gasteiger charge is 2.31. The predicted octanol–water partition coefficient (Wildman–Crippen LogP) is 3.00. The standard InChI is InChI=1S/C19H15F4N3O4/c1-30-18(29)16(24)14(17(27)28)9-25-15-4-2-3-13(26-15)7-10-5-11(19(21,22)23)8-12(20)6-10/h2-6,8-9H,7,24H2,1H3,(H,27,28)/b16-14+,25-9+. The van der Waals surface area contributed by atoms with Crippen LogP contribution in [0.2, 0.25) is 0 Å². The van der Waals surface area contributed by atoms with Crippen molar-refractivity contribution in [3.63, 3.8) is 0 Å². The number of nitrogens with zero attached hydrogens (tertiary/aromatic N) is 2. The maximum absolute atomic E-state index is 13.5. The number of pyridine rings is 1. The highest BCUT2D eigenvalue weighted by molar-refractivity contribution is 6.14. The lowest BCUT2D eigenvalue weighted by atomic mass is 10.1. The molecule has 0 aliphatic heterocycles. The molecule has 11 heteroatoms. The van der Waals surface area contributed by atoms with Crippen molar-refractivity contribution in [3.8, 4) is 0 Å². The fourth-order valence-electron chi connectivity index (χ4n) is 2.35. The number of aliphatic imine (C=N–C) groups is 1. The lowest BCUT2D eigenvalue weighted by Crippen LogP contribution is -2.20. The molecule has 0 spiro atoms. The Labute approximate surface area is 167 Å². The van der Waals surface area contributed by atoms with Crippen LogP contribution < -0.4 is 5.73 Å². The molecule has 0 aliphatic carbocycles. The molecule has 0 unspecified atom stereocenters. The molecule has 1 aromatic heterocycles. The number of carboxylic acids is 1. The second-order valence-corrected chi connectivity index (χ2v) is 5.89. The fraction of sp³-hybridized carbons (Fsp3) is 0.158. The number of nitrogens with two attached hydrogens (primary N) is 1. The first kappa shape index (κ1) is 22.5. The van der Waals surface area contributed by atoms with Crippen LogP contribution in [-0.2, 0) is 26.9 Å². The SMILES string of the molecule is COC(=O)/C(N)=C(/C=N/c1cccc(Cc2cc(F)cc(C(F)(F)F)c2)n1)C(=O)O. The number of carbonyl (C=O) groups is 2. The van der Waals surface area contributed by atoms with E-state index in [2.05, 4.69) is 14.7 Å². The molecule has 1 heterocycles. The third-order valence-corrected chi connectivity index (χ3v) is 3.71. The number of hydrogen-bond acceptors (Lipinski definition) is 6. The Morgan fingerprint density at radius 2 is 1.97 bits per heavy atom. The summed E-state index contributed by atoms with van der Waals surface area (Å²) in [6, 6.07) is 6.50. The van der Waals surface area contributed by atoms with E-state index in [4.69, 9.17) is 10.8 Å². The highest BCUT2D eigenvalue weighted by Crippen LogP contribution is 2.31. The third-order valence-electron chi connectivity index (χ3n) is 3.71. The van der Waals surface area contributed by atoms with E-state index in [1.54, 1.807) is 0 Å². The Hall–Kier alpha value is -3.76. The second-order valence-electron chi connectivity index (χ2n) is 5.89. The Morgan fingerprint density at radius 1 is 1.27 bits per heavy atom. The minimum atomic E-state index is -4.70. The summed E-state index contributed by atoms with van der Waals surface area (Å²) in [6.07, 6.45) is -4.03. The molecule has 0 amide bonds. The number of carbonyl (C=O) groups excluding carboxylic acids is 1. The van der Waals surface area contributed by atoms with Gasteiger partial charge < -0.3 is 15.6 Å². The van der Waals surface area contributed by atoms with Gasteiger partial charge in [0.1, 0.15) is 17.1 Å². The second kappa shape index (κ2) is 9.16. The van der Waals surface area contributed by atoms with E-state index < -0.39 is 40.8 Å². The van der Waals surface area contributed by atoms with E-state index in [0.29, 0.717) is 6.07 Å². The molecule has 0 saturated carbocycles. The number of rotatable bonds is 6. The largest absolute Gasteiger partial charge is 0.478 e. The summed E-state index contributed by atoms with van der Waals surface area (Å²) in [5.74, 6) is -3.63. The molecule has 0 radical (unpaired) electrons. The van der Waals surface area contributed by atoms with Gasteiger partial charge in [-0.3, -0.25) is 0 Å². The summed E-state index contributed by atoms with van der Waals surface area (Å²) >= 11 is 0. The first-order valence-corrected chi connectivity index (χ1v) is 8.19. The van der Waals surface area contributed by atoms with Crippen molar-refractivity contribution < 1.29 is 37.0 Å². The van der Waals surface area contributed by atoms with Crippen LogP contribution in [0, 0.1) is 5.82 Å². The van der Waals surface area contributed by atoms with E-state index in [-0.39, 0.29) is 23.5 Å². The number of esters is 1. The summed E-state index contributed by atoms with van der Waals surface area (Å²) in [4.78, 5) is 30.5. The number of aliphatic carboxylic acids is 1. The molecule has 0 bridgehead atoms. The topological polar surface area (TPSA) is 115 Å². The zero-order chi connectivity index (χ0) is 22.5. The number of carboxylic acid groups (broad SMARTS) is 1. The van der Waals surface area contributed by atoms with Crippen molar-refractivity contribution in [2.45, 2.75) is 12.6 Å². The number of aromatic nitrogens is 1. The highest BCUT2D eigenvalue weighted by atomic mass is 19.4. The van der Waals surface area contributed by atoms with E-state index in [1.807, 2.05) is 0 Å². The minimum absolute atomic E-state index is 0.00337. The summed E-state index contributed by atoms with van der Waals surface area (Å²) in [6.45, 7) is 0. The lowest BCUT2D eigenvalue weighted by molar-refractivity contribution is -0.138. The first-order chi connectivity index (χ1) is 14.0. The number of halogens is 4. The quantitative estimate of drug-likeness (QED) is 0.318. The van der Waals surface area contributed by atoms with Crippen molar-refractivity contribution in [3.05, 3.63) is 70.3 Å². The van der Waals surface area contributed by atoms with Gasteiger partial charge in [0.15, 0.2) is 5.82 Å². The minimum Gasteiger partial charge on any atom is -0.478 e. The maximum Gasteiger partial charge on any atom is 0.416 e. The predicted molar refractivity (Wildman–Crippen MR) is 97.5 cm³/mol. The summed E-state index contributed by atoms with van der Waals surface area (Å²) in [5, 5.41) is 9.15. The van der Waals surface area contributed by atoms with Crippen LogP contribution in [0.1, 0.15) is 16.8 Å². The molecule has 1 aromatic carbocycles. The van der Waals surface area contributed by atoms with Crippen LogP contribution in [0.25, 0.3) is 0 Å². The zero-order valence-corrected chi connectivity index (χ0v) is 15.4. The molecule has 0 atom stereocenters. The van der Waals surface area contributed by atoms with Crippen molar-refractivity contribution in [2.24, 2.45) is 10.7 Å². The molecule has 0 aliphatic rings. The van der Waals surface area contributed by atoms with E-state index in [1.165, 1.54) is 18.2 Å². The van der Waals surface area contributed by atoms with Crippen LogP contribution in [0.15, 0.2) is 52.7 Å². The third kappa shape index (κ3) is 5.87. The average Bonchev–Trinajstić information content (AvgIpc) is 2.66. The van der Waals surface area contributed by atoms with Gasteiger partial charge in [0.25, 0.3) is 0 Å². The van der Waals surface area contributed by atoms with Gasteiger partial charge in [0.2, 0.25) is 0 Å². The summed E-state index contributed by atoms with van der Waals surface area (Å²) < 4.78 is 56.4. The monoisotopic (exact) mass is 425 g/mol. The number of alkyl halides is 3. The molecule has 7 nitrogen and oxygen atoms in total.